The van der Waals surface area contributed by atoms with E-state index in [1.54, 1.807) is 12.1 Å². The van der Waals surface area contributed by atoms with Gasteiger partial charge in [0, 0.05) is 12.6 Å². The molecule has 5 nitrogen and oxygen atoms in total. The molecule has 1 aromatic heterocycles. The first kappa shape index (κ1) is 15.8. The number of aryl methyl sites for hydroxylation is 1. The molecule has 3 N–H and O–H groups in total. The molecule has 0 aliphatic carbocycles. The largest absolute Gasteiger partial charge is 0.508 e. The molecule has 0 bridgehead atoms. The number of hydrogen-bond donors (Lipinski definition) is 2. The van der Waals surface area contributed by atoms with Crippen LogP contribution < -0.4 is 5.73 Å². The number of fused-ring (bicyclic) bond motifs is 1. The molecule has 0 saturated carbocycles. The fourth-order valence-electron chi connectivity index (χ4n) is 2.87. The van der Waals surface area contributed by atoms with Crippen LogP contribution in [0.1, 0.15) is 39.1 Å². The number of imidazole rings is 1. The maximum atomic E-state index is 9.67. The molecule has 2 aromatic rings. The number of benzene rings is 1. The van der Waals surface area contributed by atoms with Gasteiger partial charge in [0.25, 0.3) is 0 Å². The molecular formula is C16H26N4O. The molecule has 21 heavy (non-hydrogen) atoms. The van der Waals surface area contributed by atoms with Crippen molar-refractivity contribution in [2.24, 2.45) is 5.73 Å². The fraction of sp³-hybridized carbons (Fsp3) is 0.562. The molecule has 0 fully saturated rings. The third kappa shape index (κ3) is 3.19. The van der Waals surface area contributed by atoms with Crippen LogP contribution in [0.25, 0.3) is 11.0 Å². The van der Waals surface area contributed by atoms with Crippen molar-refractivity contribution in [1.82, 2.24) is 14.5 Å². The molecule has 0 radical (unpaired) electrons. The number of nitrogens with zero attached hydrogens (tertiary/aromatic N) is 3. The molecular weight excluding hydrogens is 264 g/mol. The van der Waals surface area contributed by atoms with Gasteiger partial charge in [-0.15, -0.1) is 0 Å². The van der Waals surface area contributed by atoms with E-state index in [0.717, 1.165) is 42.9 Å². The Morgan fingerprint density at radius 2 is 2.05 bits per heavy atom. The van der Waals surface area contributed by atoms with Crippen LogP contribution in [0.2, 0.25) is 0 Å². The van der Waals surface area contributed by atoms with Gasteiger partial charge in [-0.1, -0.05) is 13.8 Å². The van der Waals surface area contributed by atoms with Gasteiger partial charge in [-0.25, -0.2) is 4.98 Å². The number of rotatable bonds is 7. The van der Waals surface area contributed by atoms with Crippen LogP contribution in [-0.2, 0) is 6.54 Å². The van der Waals surface area contributed by atoms with Gasteiger partial charge in [-0.3, -0.25) is 4.90 Å². The standard InChI is InChI=1S/C16H26N4O/c1-4-19(5-2)12(3)16-18-14-11-13(21)7-8-15(14)20(16)10-6-9-17/h7-8,11-12,21H,4-6,9-10,17H2,1-3H3. The minimum Gasteiger partial charge on any atom is -0.508 e. The highest BCUT2D eigenvalue weighted by Crippen LogP contribution is 2.27. The number of hydrogen-bond acceptors (Lipinski definition) is 4. The van der Waals surface area contributed by atoms with Crippen LogP contribution in [-0.4, -0.2) is 39.2 Å². The summed E-state index contributed by atoms with van der Waals surface area (Å²) in [6.07, 6.45) is 0.921. The molecule has 1 heterocycles. The summed E-state index contributed by atoms with van der Waals surface area (Å²) in [6, 6.07) is 5.63. The number of nitrogens with two attached hydrogens (primary N) is 1. The minimum absolute atomic E-state index is 0.243. The topological polar surface area (TPSA) is 67.3 Å². The van der Waals surface area contributed by atoms with E-state index in [1.807, 2.05) is 6.07 Å². The van der Waals surface area contributed by atoms with E-state index < -0.39 is 0 Å². The highest BCUT2D eigenvalue weighted by molar-refractivity contribution is 5.77. The third-order valence-corrected chi connectivity index (χ3v) is 4.08. The molecule has 0 spiro atoms. The first-order valence-corrected chi connectivity index (χ1v) is 7.75. The lowest BCUT2D eigenvalue weighted by molar-refractivity contribution is 0.221. The van der Waals surface area contributed by atoms with Crippen molar-refractivity contribution in [3.05, 3.63) is 24.0 Å². The average Bonchev–Trinajstić information content (AvgIpc) is 2.83. The summed E-state index contributed by atoms with van der Waals surface area (Å²) >= 11 is 0. The van der Waals surface area contributed by atoms with Gasteiger partial charge in [-0.2, -0.15) is 0 Å². The monoisotopic (exact) mass is 290 g/mol. The normalized spacial score (nSPS) is 13.2. The summed E-state index contributed by atoms with van der Waals surface area (Å²) in [5, 5.41) is 9.67. The number of aromatic nitrogens is 2. The molecule has 116 valence electrons. The Morgan fingerprint density at radius 3 is 2.67 bits per heavy atom. The van der Waals surface area contributed by atoms with Crippen molar-refractivity contribution < 1.29 is 5.11 Å². The van der Waals surface area contributed by atoms with Gasteiger partial charge in [0.2, 0.25) is 0 Å². The second kappa shape index (κ2) is 6.91. The zero-order chi connectivity index (χ0) is 15.4. The number of phenols is 1. The maximum absolute atomic E-state index is 9.67. The van der Waals surface area contributed by atoms with Crippen molar-refractivity contribution in [1.29, 1.82) is 0 Å². The second-order valence-corrected chi connectivity index (χ2v) is 5.33. The van der Waals surface area contributed by atoms with Crippen LogP contribution in [0.15, 0.2) is 18.2 Å². The predicted octanol–water partition coefficient (Wildman–Crippen LogP) is 2.49. The Balaban J connectivity index is 2.49. The van der Waals surface area contributed by atoms with Crippen molar-refractivity contribution in [3.63, 3.8) is 0 Å². The molecule has 0 amide bonds. The minimum atomic E-state index is 0.243. The SMILES string of the molecule is CCN(CC)C(C)c1nc2cc(O)ccc2n1CCCN. The van der Waals surface area contributed by atoms with E-state index in [-0.39, 0.29) is 11.8 Å². The first-order chi connectivity index (χ1) is 10.1. The summed E-state index contributed by atoms with van der Waals surface area (Å²) in [5.74, 6) is 1.31. The quantitative estimate of drug-likeness (QED) is 0.822. The molecule has 0 aliphatic heterocycles. The molecule has 1 atom stereocenters. The summed E-state index contributed by atoms with van der Waals surface area (Å²) in [6.45, 7) is 10.0. The van der Waals surface area contributed by atoms with Gasteiger partial charge in [0.1, 0.15) is 11.6 Å². The average molecular weight is 290 g/mol. The Bertz CT molecular complexity index is 589. The Morgan fingerprint density at radius 1 is 1.33 bits per heavy atom. The van der Waals surface area contributed by atoms with Gasteiger partial charge >= 0.3 is 0 Å². The van der Waals surface area contributed by atoms with Crippen LogP contribution in [0, 0.1) is 0 Å². The summed E-state index contributed by atoms with van der Waals surface area (Å²) in [4.78, 5) is 7.14. The van der Waals surface area contributed by atoms with Crippen LogP contribution >= 0.6 is 0 Å². The van der Waals surface area contributed by atoms with Crippen LogP contribution in [0.5, 0.6) is 5.75 Å². The smallest absolute Gasteiger partial charge is 0.127 e. The van der Waals surface area contributed by atoms with E-state index in [2.05, 4.69) is 30.2 Å². The Hall–Kier alpha value is -1.59. The van der Waals surface area contributed by atoms with Crippen LogP contribution in [0.4, 0.5) is 0 Å². The predicted molar refractivity (Wildman–Crippen MR) is 86.4 cm³/mol. The van der Waals surface area contributed by atoms with E-state index >= 15 is 0 Å². The Kier molecular flexibility index (Phi) is 5.20. The molecule has 0 aliphatic rings. The van der Waals surface area contributed by atoms with E-state index in [0.29, 0.717) is 6.54 Å². The first-order valence-electron chi connectivity index (χ1n) is 7.75. The lowest BCUT2D eigenvalue weighted by Crippen LogP contribution is -2.28. The molecule has 5 heteroatoms. The Labute approximate surface area is 126 Å². The van der Waals surface area contributed by atoms with Crippen molar-refractivity contribution in [2.45, 2.75) is 39.8 Å². The highest BCUT2D eigenvalue weighted by atomic mass is 16.3. The molecule has 1 aromatic carbocycles. The van der Waals surface area contributed by atoms with Gasteiger partial charge in [0.15, 0.2) is 0 Å². The lowest BCUT2D eigenvalue weighted by Gasteiger charge is -2.26. The fourth-order valence-corrected chi connectivity index (χ4v) is 2.87. The van der Waals surface area contributed by atoms with Gasteiger partial charge in [-0.05, 0) is 45.1 Å². The third-order valence-electron chi connectivity index (χ3n) is 4.08. The summed E-state index contributed by atoms with van der Waals surface area (Å²) in [5.41, 5.74) is 7.58. The lowest BCUT2D eigenvalue weighted by atomic mass is 10.2. The zero-order valence-corrected chi connectivity index (χ0v) is 13.2. The van der Waals surface area contributed by atoms with E-state index in [9.17, 15) is 5.11 Å². The summed E-state index contributed by atoms with van der Waals surface area (Å²) < 4.78 is 2.24. The number of phenolic OH excluding ortho intramolecular Hbond substituents is 1. The number of aromatic hydroxyl groups is 1. The highest BCUT2D eigenvalue weighted by Gasteiger charge is 2.20. The second-order valence-electron chi connectivity index (χ2n) is 5.33. The van der Waals surface area contributed by atoms with Crippen molar-refractivity contribution >= 4 is 11.0 Å². The van der Waals surface area contributed by atoms with Gasteiger partial charge in [0.05, 0.1) is 17.1 Å². The molecule has 2 rings (SSSR count). The molecule has 1 unspecified atom stereocenters. The van der Waals surface area contributed by atoms with Crippen molar-refractivity contribution in [2.75, 3.05) is 19.6 Å². The zero-order valence-electron chi connectivity index (χ0n) is 13.2. The van der Waals surface area contributed by atoms with E-state index in [4.69, 9.17) is 10.7 Å². The van der Waals surface area contributed by atoms with Crippen molar-refractivity contribution in [3.8, 4) is 5.75 Å². The van der Waals surface area contributed by atoms with Gasteiger partial charge < -0.3 is 15.4 Å². The molecule has 0 saturated heterocycles. The summed E-state index contributed by atoms with van der Waals surface area (Å²) in [7, 11) is 0. The van der Waals surface area contributed by atoms with Crippen LogP contribution in [0.3, 0.4) is 0 Å². The van der Waals surface area contributed by atoms with E-state index in [1.165, 1.54) is 0 Å². The maximum Gasteiger partial charge on any atom is 0.127 e.